The summed E-state index contributed by atoms with van der Waals surface area (Å²) in [6, 6.07) is 0. The summed E-state index contributed by atoms with van der Waals surface area (Å²) in [5.74, 6) is 1.86. The van der Waals surface area contributed by atoms with Gasteiger partial charge in [0.2, 0.25) is 0 Å². The predicted octanol–water partition coefficient (Wildman–Crippen LogP) is 4.33. The monoisotopic (exact) mass is 358 g/mol. The summed E-state index contributed by atoms with van der Waals surface area (Å²) in [5.41, 5.74) is 0.0814. The van der Waals surface area contributed by atoms with E-state index in [1.165, 1.54) is 5.57 Å². The van der Waals surface area contributed by atoms with Crippen LogP contribution in [0.5, 0.6) is 0 Å². The minimum absolute atomic E-state index is 0.212. The first-order chi connectivity index (χ1) is 12.1. The summed E-state index contributed by atoms with van der Waals surface area (Å²) in [7, 11) is 0. The summed E-state index contributed by atoms with van der Waals surface area (Å²) in [6.07, 6.45) is 7.08. The topological polar surface area (TPSA) is 54.4 Å². The number of carbonyl (C=O) groups is 2. The molecule has 4 aliphatic rings. The van der Waals surface area contributed by atoms with Crippen molar-refractivity contribution in [1.82, 2.24) is 0 Å². The van der Waals surface area contributed by atoms with Gasteiger partial charge >= 0.3 is 0 Å². The molecule has 0 saturated heterocycles. The average Bonchev–Trinajstić information content (AvgIpc) is 2.80. The maximum absolute atomic E-state index is 13.0. The van der Waals surface area contributed by atoms with Gasteiger partial charge in [0.1, 0.15) is 11.6 Å². The SMILES string of the molecule is CC(=O)[C@@]1(C)[C@H](C)CC2C3CCC4=CCCC(=O)C4(C)C3CC(O)C21C. The Hall–Kier alpha value is -0.960. The highest BCUT2D eigenvalue weighted by Crippen LogP contribution is 2.71. The van der Waals surface area contributed by atoms with Crippen LogP contribution in [0.25, 0.3) is 0 Å². The number of Topliss-reactive ketones (excluding diaryl/α,β-unsaturated/α-hetero) is 2. The van der Waals surface area contributed by atoms with Gasteiger partial charge in [0.25, 0.3) is 0 Å². The van der Waals surface area contributed by atoms with E-state index in [1.807, 2.05) is 0 Å². The fourth-order valence-electron chi connectivity index (χ4n) is 7.88. The Balaban J connectivity index is 1.81. The molecule has 4 aliphatic carbocycles. The third-order valence-corrected chi connectivity index (χ3v) is 9.91. The van der Waals surface area contributed by atoms with Crippen molar-refractivity contribution >= 4 is 11.6 Å². The number of ketones is 2. The second-order valence-electron chi connectivity index (χ2n) is 10.2. The number of carbonyl (C=O) groups excluding carboxylic acids is 2. The molecule has 0 aromatic heterocycles. The summed E-state index contributed by atoms with van der Waals surface area (Å²) in [5, 5.41) is 11.4. The van der Waals surface area contributed by atoms with Gasteiger partial charge in [-0.05, 0) is 69.6 Å². The summed E-state index contributed by atoms with van der Waals surface area (Å²) >= 11 is 0. The standard InChI is InChI=1S/C23H34O3/c1-13-11-18-16-10-9-15-7-6-8-19(25)21(15,3)17(16)12-20(26)23(18,5)22(13,4)14(2)24/h7,13,16-18,20,26H,6,8-12H2,1-5H3/t13-,16?,17?,18?,20?,21?,22-,23?/m1/s1. The minimum atomic E-state index is -0.515. The van der Waals surface area contributed by atoms with Crippen molar-refractivity contribution in [3.05, 3.63) is 11.6 Å². The van der Waals surface area contributed by atoms with Gasteiger partial charge in [-0.1, -0.05) is 32.4 Å². The van der Waals surface area contributed by atoms with Gasteiger partial charge in [-0.25, -0.2) is 0 Å². The molecular formula is C23H34O3. The molecule has 26 heavy (non-hydrogen) atoms. The molecule has 0 spiro atoms. The van der Waals surface area contributed by atoms with Crippen molar-refractivity contribution in [2.24, 2.45) is 39.9 Å². The Morgan fingerprint density at radius 3 is 2.50 bits per heavy atom. The number of hydrogen-bond donors (Lipinski definition) is 1. The highest BCUT2D eigenvalue weighted by atomic mass is 16.3. The molecule has 1 N–H and O–H groups in total. The van der Waals surface area contributed by atoms with Crippen molar-refractivity contribution in [3.63, 3.8) is 0 Å². The second-order valence-corrected chi connectivity index (χ2v) is 10.2. The summed E-state index contributed by atoms with van der Waals surface area (Å²) in [4.78, 5) is 25.7. The van der Waals surface area contributed by atoms with Crippen LogP contribution in [0.2, 0.25) is 0 Å². The van der Waals surface area contributed by atoms with Gasteiger partial charge in [0.15, 0.2) is 0 Å². The van der Waals surface area contributed by atoms with Gasteiger partial charge < -0.3 is 5.11 Å². The molecule has 0 aromatic carbocycles. The van der Waals surface area contributed by atoms with E-state index in [1.54, 1.807) is 6.92 Å². The van der Waals surface area contributed by atoms with E-state index in [0.717, 1.165) is 25.7 Å². The fraction of sp³-hybridized carbons (Fsp3) is 0.826. The number of allylic oxidation sites excluding steroid dienone is 2. The highest BCUT2D eigenvalue weighted by molar-refractivity contribution is 5.89. The molecule has 3 saturated carbocycles. The lowest BCUT2D eigenvalue weighted by atomic mass is 9.44. The van der Waals surface area contributed by atoms with Crippen molar-refractivity contribution < 1.29 is 14.7 Å². The van der Waals surface area contributed by atoms with Crippen LogP contribution in [0.4, 0.5) is 0 Å². The van der Waals surface area contributed by atoms with Crippen molar-refractivity contribution in [3.8, 4) is 0 Å². The Morgan fingerprint density at radius 2 is 1.85 bits per heavy atom. The van der Waals surface area contributed by atoms with Crippen molar-refractivity contribution in [2.75, 3.05) is 0 Å². The first-order valence-corrected chi connectivity index (χ1v) is 10.5. The molecule has 0 amide bonds. The Labute approximate surface area is 157 Å². The number of rotatable bonds is 1. The van der Waals surface area contributed by atoms with E-state index < -0.39 is 11.5 Å². The summed E-state index contributed by atoms with van der Waals surface area (Å²) < 4.78 is 0. The number of aliphatic hydroxyl groups excluding tert-OH is 1. The molecule has 3 nitrogen and oxygen atoms in total. The van der Waals surface area contributed by atoms with Gasteiger partial charge in [0.05, 0.1) is 11.5 Å². The van der Waals surface area contributed by atoms with E-state index in [9.17, 15) is 14.7 Å². The fourth-order valence-corrected chi connectivity index (χ4v) is 7.88. The van der Waals surface area contributed by atoms with Gasteiger partial charge in [-0.2, -0.15) is 0 Å². The van der Waals surface area contributed by atoms with Crippen LogP contribution in [-0.4, -0.2) is 22.8 Å². The minimum Gasteiger partial charge on any atom is -0.393 e. The lowest BCUT2D eigenvalue weighted by Gasteiger charge is -2.60. The van der Waals surface area contributed by atoms with Crippen molar-refractivity contribution in [1.29, 1.82) is 0 Å². The average molecular weight is 359 g/mol. The molecule has 0 aliphatic heterocycles. The Kier molecular flexibility index (Phi) is 3.91. The maximum atomic E-state index is 13.0. The predicted molar refractivity (Wildman–Crippen MR) is 101 cm³/mol. The van der Waals surface area contributed by atoms with Crippen LogP contribution in [0.1, 0.15) is 73.1 Å². The Bertz CT molecular complexity index is 694. The molecule has 0 bridgehead atoms. The Morgan fingerprint density at radius 1 is 1.15 bits per heavy atom. The summed E-state index contributed by atoms with van der Waals surface area (Å²) in [6.45, 7) is 10.3. The zero-order chi connectivity index (χ0) is 19.1. The molecule has 0 aromatic rings. The number of fused-ring (bicyclic) bond motifs is 5. The largest absolute Gasteiger partial charge is 0.393 e. The van der Waals surface area contributed by atoms with Crippen LogP contribution < -0.4 is 0 Å². The van der Waals surface area contributed by atoms with Gasteiger partial charge in [-0.3, -0.25) is 9.59 Å². The van der Waals surface area contributed by atoms with Gasteiger partial charge in [-0.15, -0.1) is 0 Å². The lowest BCUT2D eigenvalue weighted by molar-refractivity contribution is -0.172. The van der Waals surface area contributed by atoms with Crippen LogP contribution in [-0.2, 0) is 9.59 Å². The molecule has 0 radical (unpaired) electrons. The molecular weight excluding hydrogens is 324 g/mol. The van der Waals surface area contributed by atoms with Crippen LogP contribution in [0.3, 0.4) is 0 Å². The third kappa shape index (κ3) is 1.89. The van der Waals surface area contributed by atoms with E-state index in [-0.39, 0.29) is 28.4 Å². The van der Waals surface area contributed by atoms with E-state index in [4.69, 9.17) is 0 Å². The third-order valence-electron chi connectivity index (χ3n) is 9.91. The number of aliphatic hydroxyl groups is 1. The number of hydrogen-bond acceptors (Lipinski definition) is 3. The van der Waals surface area contributed by atoms with Crippen LogP contribution in [0.15, 0.2) is 11.6 Å². The molecule has 4 rings (SSSR count). The normalized spacial score (nSPS) is 53.4. The van der Waals surface area contributed by atoms with Crippen LogP contribution >= 0.6 is 0 Å². The molecule has 3 heteroatoms. The molecule has 0 heterocycles. The van der Waals surface area contributed by atoms with E-state index in [2.05, 4.69) is 33.8 Å². The zero-order valence-electron chi connectivity index (χ0n) is 17.0. The van der Waals surface area contributed by atoms with Crippen LogP contribution in [0, 0.1) is 39.9 Å². The van der Waals surface area contributed by atoms with E-state index >= 15 is 0 Å². The molecule has 8 atom stereocenters. The molecule has 6 unspecified atom stereocenters. The zero-order valence-corrected chi connectivity index (χ0v) is 17.0. The first-order valence-electron chi connectivity index (χ1n) is 10.5. The smallest absolute Gasteiger partial charge is 0.143 e. The molecule has 3 fully saturated rings. The lowest BCUT2D eigenvalue weighted by Crippen LogP contribution is -2.61. The maximum Gasteiger partial charge on any atom is 0.143 e. The van der Waals surface area contributed by atoms with Gasteiger partial charge in [0, 0.05) is 17.3 Å². The van der Waals surface area contributed by atoms with E-state index in [0.29, 0.717) is 30.5 Å². The molecule has 144 valence electrons. The first kappa shape index (κ1) is 18.4. The quantitative estimate of drug-likeness (QED) is 0.710. The second kappa shape index (κ2) is 5.53. The highest BCUT2D eigenvalue weighted by Gasteiger charge is 2.70. The van der Waals surface area contributed by atoms with Crippen molar-refractivity contribution in [2.45, 2.75) is 79.2 Å².